The zero-order valence-electron chi connectivity index (χ0n) is 13.5. The number of nitrogens with one attached hydrogen (secondary N) is 1. The number of fused-ring (bicyclic) bond motifs is 1. The third-order valence-electron chi connectivity index (χ3n) is 4.59. The van der Waals surface area contributed by atoms with Crippen molar-refractivity contribution >= 4 is 17.8 Å². The fourth-order valence-electron chi connectivity index (χ4n) is 3.29. The summed E-state index contributed by atoms with van der Waals surface area (Å²) in [5.74, 6) is -2.08. The van der Waals surface area contributed by atoms with Gasteiger partial charge in [-0.3, -0.25) is 14.5 Å². The molecule has 1 aromatic carbocycles. The Bertz CT molecular complexity index is 758. The summed E-state index contributed by atoms with van der Waals surface area (Å²) >= 11 is 0. The highest BCUT2D eigenvalue weighted by atomic mass is 16.4. The van der Waals surface area contributed by atoms with Crippen molar-refractivity contribution < 1.29 is 24.6 Å². The molecular formula is C17H19N3O5. The van der Waals surface area contributed by atoms with Gasteiger partial charge < -0.3 is 21.3 Å². The van der Waals surface area contributed by atoms with E-state index in [9.17, 15) is 24.6 Å². The fraction of sp³-hybridized carbons (Fsp3) is 0.353. The highest BCUT2D eigenvalue weighted by Crippen LogP contribution is 2.35. The van der Waals surface area contributed by atoms with Crippen LogP contribution in [-0.2, 0) is 14.4 Å². The Labute approximate surface area is 143 Å². The van der Waals surface area contributed by atoms with Crippen LogP contribution in [0.5, 0.6) is 5.75 Å². The predicted octanol–water partition coefficient (Wildman–Crippen LogP) is 0.0959. The Balaban J connectivity index is 1.71. The topological polar surface area (TPSA) is 133 Å². The van der Waals surface area contributed by atoms with Crippen LogP contribution in [0.2, 0.25) is 0 Å². The number of amides is 2. The predicted molar refractivity (Wildman–Crippen MR) is 87.1 cm³/mol. The van der Waals surface area contributed by atoms with E-state index in [2.05, 4.69) is 5.32 Å². The first kappa shape index (κ1) is 17.0. The summed E-state index contributed by atoms with van der Waals surface area (Å²) in [6.45, 7) is 1.87. The molecule has 0 aliphatic carbocycles. The van der Waals surface area contributed by atoms with E-state index in [1.54, 1.807) is 6.08 Å². The molecule has 0 spiro atoms. The molecule has 2 aliphatic heterocycles. The minimum Gasteiger partial charge on any atom is -0.508 e. The van der Waals surface area contributed by atoms with E-state index in [1.165, 1.54) is 29.2 Å². The van der Waals surface area contributed by atoms with E-state index in [1.807, 2.05) is 6.92 Å². The number of β-lactam (4-membered cyclic amide) rings is 1. The minimum absolute atomic E-state index is 0.00868. The lowest BCUT2D eigenvalue weighted by Crippen LogP contribution is -2.72. The van der Waals surface area contributed by atoms with Crippen LogP contribution in [0, 0.1) is 5.92 Å². The number of nitrogens with two attached hydrogens (primary N) is 1. The summed E-state index contributed by atoms with van der Waals surface area (Å²) in [4.78, 5) is 37.2. The van der Waals surface area contributed by atoms with Crippen LogP contribution in [0.25, 0.3) is 0 Å². The first-order chi connectivity index (χ1) is 11.8. The van der Waals surface area contributed by atoms with Crippen molar-refractivity contribution in [2.75, 3.05) is 0 Å². The number of rotatable bonds is 4. The number of phenols is 1. The van der Waals surface area contributed by atoms with Crippen molar-refractivity contribution in [3.05, 3.63) is 41.6 Å². The summed E-state index contributed by atoms with van der Waals surface area (Å²) in [5.41, 5.74) is 6.37. The molecule has 1 unspecified atom stereocenters. The molecule has 3 rings (SSSR count). The molecule has 1 aromatic rings. The third-order valence-corrected chi connectivity index (χ3v) is 4.59. The van der Waals surface area contributed by atoms with Crippen LogP contribution in [0.4, 0.5) is 0 Å². The van der Waals surface area contributed by atoms with Crippen LogP contribution in [0.15, 0.2) is 36.0 Å². The molecule has 8 heteroatoms. The minimum atomic E-state index is -1.16. The van der Waals surface area contributed by atoms with E-state index >= 15 is 0 Å². The second-order valence-electron chi connectivity index (χ2n) is 6.40. The van der Waals surface area contributed by atoms with E-state index in [-0.39, 0.29) is 23.4 Å². The zero-order chi connectivity index (χ0) is 18.3. The Hall–Kier alpha value is -2.87. The van der Waals surface area contributed by atoms with Crippen molar-refractivity contribution in [3.8, 4) is 5.75 Å². The number of aliphatic carboxylic acids is 1. The van der Waals surface area contributed by atoms with Crippen molar-refractivity contribution in [2.24, 2.45) is 11.7 Å². The quantitative estimate of drug-likeness (QED) is 0.572. The molecule has 0 bridgehead atoms. The molecule has 4 atom stereocenters. The maximum absolute atomic E-state index is 12.3. The molecule has 0 aromatic heterocycles. The summed E-state index contributed by atoms with van der Waals surface area (Å²) in [7, 11) is 0. The van der Waals surface area contributed by atoms with Gasteiger partial charge >= 0.3 is 5.97 Å². The maximum atomic E-state index is 12.3. The summed E-state index contributed by atoms with van der Waals surface area (Å²) in [5, 5.41) is 21.1. The number of allylic oxidation sites excluding steroid dienone is 1. The fourth-order valence-corrected chi connectivity index (χ4v) is 3.29. The van der Waals surface area contributed by atoms with Crippen LogP contribution >= 0.6 is 0 Å². The van der Waals surface area contributed by atoms with Gasteiger partial charge in [-0.2, -0.15) is 0 Å². The SMILES string of the molecule is C[C@H]1C=C(C(=O)O)N2C(=O)[C@H](NC(=O)[C@H](N)c3ccc(O)cc3)C2C1. The first-order valence-electron chi connectivity index (χ1n) is 7.92. The lowest BCUT2D eigenvalue weighted by Gasteiger charge is -2.50. The molecule has 0 saturated carbocycles. The zero-order valence-corrected chi connectivity index (χ0v) is 13.5. The Morgan fingerprint density at radius 1 is 1.32 bits per heavy atom. The summed E-state index contributed by atoms with van der Waals surface area (Å²) < 4.78 is 0. The number of carbonyl (C=O) groups excluding carboxylic acids is 2. The molecule has 2 aliphatic rings. The second-order valence-corrected chi connectivity index (χ2v) is 6.40. The number of carboxylic acids is 1. The Morgan fingerprint density at radius 2 is 1.96 bits per heavy atom. The van der Waals surface area contributed by atoms with Crippen molar-refractivity contribution in [3.63, 3.8) is 0 Å². The third kappa shape index (κ3) is 2.96. The second kappa shape index (κ2) is 6.21. The van der Waals surface area contributed by atoms with Gasteiger partial charge in [0.15, 0.2) is 0 Å². The number of hydrogen-bond acceptors (Lipinski definition) is 5. The Kier molecular flexibility index (Phi) is 4.22. The molecule has 1 fully saturated rings. The molecule has 1 saturated heterocycles. The highest BCUT2D eigenvalue weighted by Gasteiger charge is 2.53. The van der Waals surface area contributed by atoms with E-state index < -0.39 is 29.9 Å². The standard InChI is InChI=1S/C17H19N3O5/c1-8-6-11-14(16(23)20(11)12(7-8)17(24)25)19-15(22)13(18)9-2-4-10(21)5-3-9/h2-5,7-8,11,13-14,21H,6,18H2,1H3,(H,19,22)(H,24,25)/t8-,11?,13-,14-/m1/s1. The van der Waals surface area contributed by atoms with Crippen LogP contribution in [0.1, 0.15) is 24.9 Å². The molecule has 2 heterocycles. The lowest BCUT2D eigenvalue weighted by atomic mass is 9.82. The van der Waals surface area contributed by atoms with Crippen molar-refractivity contribution in [2.45, 2.75) is 31.5 Å². The first-order valence-corrected chi connectivity index (χ1v) is 7.92. The van der Waals surface area contributed by atoms with Crippen molar-refractivity contribution in [1.29, 1.82) is 0 Å². The average Bonchev–Trinajstić information content (AvgIpc) is 2.58. The van der Waals surface area contributed by atoms with Gasteiger partial charge in [0.2, 0.25) is 5.91 Å². The van der Waals surface area contributed by atoms with Gasteiger partial charge in [-0.25, -0.2) is 4.79 Å². The highest BCUT2D eigenvalue weighted by molar-refractivity contribution is 6.01. The van der Waals surface area contributed by atoms with Crippen LogP contribution < -0.4 is 11.1 Å². The number of phenolic OH excluding ortho intramolecular Hbond substituents is 1. The van der Waals surface area contributed by atoms with Gasteiger partial charge in [-0.15, -0.1) is 0 Å². The van der Waals surface area contributed by atoms with Gasteiger partial charge in [0.1, 0.15) is 23.5 Å². The number of carboxylic acid groups (broad SMARTS) is 1. The van der Waals surface area contributed by atoms with Gasteiger partial charge in [-0.05, 0) is 30.0 Å². The number of carbonyl (C=O) groups is 3. The van der Waals surface area contributed by atoms with E-state index in [0.29, 0.717) is 12.0 Å². The molecule has 5 N–H and O–H groups in total. The normalized spacial score (nSPS) is 26.2. The number of hydrogen-bond donors (Lipinski definition) is 4. The van der Waals surface area contributed by atoms with Gasteiger partial charge in [-0.1, -0.05) is 25.1 Å². The van der Waals surface area contributed by atoms with Gasteiger partial charge in [0.05, 0.1) is 6.04 Å². The van der Waals surface area contributed by atoms with Gasteiger partial charge in [0, 0.05) is 0 Å². The molecule has 0 radical (unpaired) electrons. The van der Waals surface area contributed by atoms with E-state index in [0.717, 1.165) is 0 Å². The largest absolute Gasteiger partial charge is 0.508 e. The maximum Gasteiger partial charge on any atom is 0.352 e. The molecule has 132 valence electrons. The average molecular weight is 345 g/mol. The molecule has 8 nitrogen and oxygen atoms in total. The molecular weight excluding hydrogens is 326 g/mol. The summed E-state index contributed by atoms with van der Waals surface area (Å²) in [6.07, 6.45) is 2.12. The lowest BCUT2D eigenvalue weighted by molar-refractivity contribution is -0.156. The summed E-state index contributed by atoms with van der Waals surface area (Å²) in [6, 6.07) is 3.76. The number of aromatic hydroxyl groups is 1. The van der Waals surface area contributed by atoms with Gasteiger partial charge in [0.25, 0.3) is 5.91 Å². The molecule has 2 amide bonds. The van der Waals surface area contributed by atoms with Crippen LogP contribution in [-0.4, -0.2) is 45.0 Å². The number of benzene rings is 1. The monoisotopic (exact) mass is 345 g/mol. The van der Waals surface area contributed by atoms with Crippen molar-refractivity contribution in [1.82, 2.24) is 10.2 Å². The molecule has 25 heavy (non-hydrogen) atoms. The smallest absolute Gasteiger partial charge is 0.352 e. The number of nitrogens with zero attached hydrogens (tertiary/aromatic N) is 1. The van der Waals surface area contributed by atoms with E-state index in [4.69, 9.17) is 5.73 Å². The Morgan fingerprint density at radius 3 is 2.56 bits per heavy atom. The van der Waals surface area contributed by atoms with Crippen LogP contribution in [0.3, 0.4) is 0 Å².